The Morgan fingerprint density at radius 3 is 2.28 bits per heavy atom. The summed E-state index contributed by atoms with van der Waals surface area (Å²) in [4.78, 5) is 24.3. The first-order valence-corrected chi connectivity index (χ1v) is 12.0. The Morgan fingerprint density at radius 1 is 1.06 bits per heavy atom. The van der Waals surface area contributed by atoms with Gasteiger partial charge < -0.3 is 20.1 Å². The van der Waals surface area contributed by atoms with Gasteiger partial charge in [-0.2, -0.15) is 0 Å². The molecule has 6 nitrogen and oxygen atoms in total. The minimum Gasteiger partial charge on any atom is -0.481 e. The highest BCUT2D eigenvalue weighted by Gasteiger charge is 2.30. The highest BCUT2D eigenvalue weighted by molar-refractivity contribution is 5.74. The standard InChI is InChI=1S/C26H44O6/c1-15-8-9-24(21(7)25(29)30)32-26(31)20(6)13-17(3)12-19(5)23(28)14-22(27)18(4)11-16(2)10-15/h11-12,15-16,19-24,27-28H,8-10,13-14H2,1-7H3,(H,29,30)/t15-,16+,19-,20-,21+,22+,23-,24-/m0/s1. The summed E-state index contributed by atoms with van der Waals surface area (Å²) in [5.74, 6) is -2.17. The van der Waals surface area contributed by atoms with Gasteiger partial charge in [-0.25, -0.2) is 0 Å². The molecular weight excluding hydrogens is 408 g/mol. The summed E-state index contributed by atoms with van der Waals surface area (Å²) in [5, 5.41) is 30.6. The number of carbonyl (C=O) groups excluding carboxylic acids is 1. The van der Waals surface area contributed by atoms with Crippen LogP contribution in [-0.2, 0) is 14.3 Å². The van der Waals surface area contributed by atoms with Gasteiger partial charge in [-0.15, -0.1) is 0 Å². The quantitative estimate of drug-likeness (QED) is 0.413. The first kappa shape index (κ1) is 28.4. The van der Waals surface area contributed by atoms with Crippen LogP contribution in [0.5, 0.6) is 0 Å². The zero-order valence-corrected chi connectivity index (χ0v) is 20.9. The Kier molecular flexibility index (Phi) is 11.7. The molecule has 8 atom stereocenters. The second-order valence-corrected chi connectivity index (χ2v) is 10.2. The Morgan fingerprint density at radius 2 is 1.69 bits per heavy atom. The summed E-state index contributed by atoms with van der Waals surface area (Å²) in [7, 11) is 0. The molecule has 0 aromatic heterocycles. The normalized spacial score (nSPS) is 35.5. The molecule has 1 aliphatic heterocycles. The van der Waals surface area contributed by atoms with Crippen LogP contribution >= 0.6 is 0 Å². The van der Waals surface area contributed by atoms with Crippen molar-refractivity contribution < 1.29 is 29.6 Å². The fourth-order valence-electron chi connectivity index (χ4n) is 4.49. The molecular formula is C26H44O6. The molecule has 3 N–H and O–H groups in total. The third-order valence-electron chi connectivity index (χ3n) is 6.66. The van der Waals surface area contributed by atoms with E-state index in [2.05, 4.69) is 19.9 Å². The van der Waals surface area contributed by atoms with Crippen molar-refractivity contribution in [1.29, 1.82) is 0 Å². The van der Waals surface area contributed by atoms with E-state index in [0.29, 0.717) is 18.8 Å². The van der Waals surface area contributed by atoms with Gasteiger partial charge >= 0.3 is 11.9 Å². The summed E-state index contributed by atoms with van der Waals surface area (Å²) in [6.07, 6.45) is 4.80. The predicted octanol–water partition coefficient (Wildman–Crippen LogP) is 4.74. The lowest BCUT2D eigenvalue weighted by Gasteiger charge is -2.26. The zero-order valence-electron chi connectivity index (χ0n) is 20.9. The summed E-state index contributed by atoms with van der Waals surface area (Å²) in [5.41, 5.74) is 1.81. The second-order valence-electron chi connectivity index (χ2n) is 10.2. The van der Waals surface area contributed by atoms with Crippen LogP contribution < -0.4 is 0 Å². The summed E-state index contributed by atoms with van der Waals surface area (Å²) in [6.45, 7) is 13.3. The van der Waals surface area contributed by atoms with E-state index in [1.807, 2.05) is 26.8 Å². The largest absolute Gasteiger partial charge is 0.481 e. The maximum Gasteiger partial charge on any atom is 0.309 e. The van der Waals surface area contributed by atoms with E-state index >= 15 is 0 Å². The molecule has 0 radical (unpaired) electrons. The molecule has 1 aliphatic rings. The topological polar surface area (TPSA) is 104 Å². The van der Waals surface area contributed by atoms with Crippen LogP contribution in [0, 0.1) is 29.6 Å². The first-order chi connectivity index (χ1) is 14.8. The van der Waals surface area contributed by atoms with Gasteiger partial charge in [0.1, 0.15) is 6.10 Å². The van der Waals surface area contributed by atoms with Crippen LogP contribution in [0.4, 0.5) is 0 Å². The van der Waals surface area contributed by atoms with Crippen molar-refractivity contribution in [1.82, 2.24) is 0 Å². The van der Waals surface area contributed by atoms with Crippen molar-refractivity contribution in [3.63, 3.8) is 0 Å². The number of allylic oxidation sites excluding steroid dienone is 2. The van der Waals surface area contributed by atoms with Crippen LogP contribution in [0.25, 0.3) is 0 Å². The van der Waals surface area contributed by atoms with Gasteiger partial charge in [0.2, 0.25) is 0 Å². The van der Waals surface area contributed by atoms with Gasteiger partial charge in [0.05, 0.1) is 24.0 Å². The number of esters is 1. The summed E-state index contributed by atoms with van der Waals surface area (Å²) in [6, 6.07) is 0. The number of rotatable bonds is 2. The minimum absolute atomic E-state index is 0.170. The highest BCUT2D eigenvalue weighted by Crippen LogP contribution is 2.26. The minimum atomic E-state index is -0.968. The molecule has 0 aliphatic carbocycles. The van der Waals surface area contributed by atoms with Gasteiger partial charge in [-0.3, -0.25) is 9.59 Å². The fourth-order valence-corrected chi connectivity index (χ4v) is 4.49. The monoisotopic (exact) mass is 452 g/mol. The smallest absolute Gasteiger partial charge is 0.309 e. The molecule has 6 heteroatoms. The van der Waals surface area contributed by atoms with Crippen molar-refractivity contribution in [3.05, 3.63) is 23.3 Å². The lowest BCUT2D eigenvalue weighted by atomic mass is 9.88. The molecule has 1 heterocycles. The van der Waals surface area contributed by atoms with Crippen molar-refractivity contribution >= 4 is 11.9 Å². The molecule has 0 spiro atoms. The van der Waals surface area contributed by atoms with Crippen LogP contribution in [0.1, 0.15) is 80.6 Å². The lowest BCUT2D eigenvalue weighted by molar-refractivity contribution is -0.161. The third kappa shape index (κ3) is 9.45. The van der Waals surface area contributed by atoms with Crippen LogP contribution in [-0.4, -0.2) is 45.6 Å². The Hall–Kier alpha value is -1.66. The van der Waals surface area contributed by atoms with E-state index < -0.39 is 36.1 Å². The number of carbonyl (C=O) groups is 2. The van der Waals surface area contributed by atoms with Gasteiger partial charge in [-0.05, 0) is 63.9 Å². The third-order valence-corrected chi connectivity index (χ3v) is 6.66. The molecule has 0 fully saturated rings. The molecule has 0 bridgehead atoms. The van der Waals surface area contributed by atoms with Gasteiger partial charge in [-0.1, -0.05) is 45.4 Å². The van der Waals surface area contributed by atoms with E-state index in [0.717, 1.165) is 24.0 Å². The number of aliphatic carboxylic acids is 1. The van der Waals surface area contributed by atoms with Gasteiger partial charge in [0.25, 0.3) is 0 Å². The maximum atomic E-state index is 12.7. The molecule has 0 unspecified atom stereocenters. The Labute approximate surface area is 193 Å². The van der Waals surface area contributed by atoms with E-state index in [4.69, 9.17) is 4.74 Å². The van der Waals surface area contributed by atoms with Gasteiger partial charge in [0, 0.05) is 12.3 Å². The van der Waals surface area contributed by atoms with Crippen molar-refractivity contribution in [2.45, 2.75) is 98.9 Å². The number of cyclic esters (lactones) is 1. The molecule has 184 valence electrons. The second kappa shape index (κ2) is 13.1. The predicted molar refractivity (Wildman–Crippen MR) is 126 cm³/mol. The number of hydrogen-bond donors (Lipinski definition) is 3. The molecule has 32 heavy (non-hydrogen) atoms. The molecule has 0 amide bonds. The number of carboxylic acid groups (broad SMARTS) is 1. The summed E-state index contributed by atoms with van der Waals surface area (Å²) >= 11 is 0. The zero-order chi connectivity index (χ0) is 24.6. The Bertz CT molecular complexity index is 682. The van der Waals surface area contributed by atoms with Crippen molar-refractivity contribution in [2.75, 3.05) is 0 Å². The van der Waals surface area contributed by atoms with Crippen molar-refractivity contribution in [2.24, 2.45) is 29.6 Å². The van der Waals surface area contributed by atoms with E-state index in [-0.39, 0.29) is 24.2 Å². The lowest BCUT2D eigenvalue weighted by Crippen LogP contribution is -2.33. The average molecular weight is 453 g/mol. The highest BCUT2D eigenvalue weighted by atomic mass is 16.5. The van der Waals surface area contributed by atoms with Crippen LogP contribution in [0.15, 0.2) is 23.3 Å². The molecule has 0 aromatic rings. The van der Waals surface area contributed by atoms with Crippen molar-refractivity contribution in [3.8, 4) is 0 Å². The van der Waals surface area contributed by atoms with Gasteiger partial charge in [0.15, 0.2) is 0 Å². The molecule has 0 aromatic carbocycles. The first-order valence-electron chi connectivity index (χ1n) is 12.0. The van der Waals surface area contributed by atoms with Crippen LogP contribution in [0.3, 0.4) is 0 Å². The number of ether oxygens (including phenoxy) is 1. The number of carboxylic acids is 1. The maximum absolute atomic E-state index is 12.7. The number of hydrogen-bond acceptors (Lipinski definition) is 5. The van der Waals surface area contributed by atoms with E-state index in [1.54, 1.807) is 13.8 Å². The fraction of sp³-hybridized carbons (Fsp3) is 0.769. The molecule has 0 saturated heterocycles. The SMILES string of the molecule is CC1=C[C@H](C)[C@@H](O)C[C@@H](O)C(C)=C[C@H](C)C[C@@H](C)CC[C@@H]([C@@H](C)C(=O)O)OC(=O)[C@@H](C)C1. The Balaban J connectivity index is 3.15. The van der Waals surface area contributed by atoms with E-state index in [9.17, 15) is 24.9 Å². The van der Waals surface area contributed by atoms with Crippen LogP contribution in [0.2, 0.25) is 0 Å². The average Bonchev–Trinajstić information content (AvgIpc) is 2.68. The van der Waals surface area contributed by atoms with E-state index in [1.165, 1.54) is 0 Å². The number of aliphatic hydroxyl groups excluding tert-OH is 2. The molecule has 0 saturated carbocycles. The number of aliphatic hydroxyl groups is 2. The summed E-state index contributed by atoms with van der Waals surface area (Å²) < 4.78 is 5.69. The molecule has 1 rings (SSSR count).